The molecule has 0 radical (unpaired) electrons. The average molecular weight is 190 g/mol. The zero-order valence-electron chi connectivity index (χ0n) is 8.42. The van der Waals surface area contributed by atoms with E-state index in [4.69, 9.17) is 4.74 Å². The highest BCUT2D eigenvalue weighted by molar-refractivity contribution is 5.10. The minimum atomic E-state index is -0.0591. The van der Waals surface area contributed by atoms with Crippen LogP contribution in [0, 0.1) is 0 Å². The lowest BCUT2D eigenvalue weighted by Crippen LogP contribution is -2.28. The first-order chi connectivity index (χ1) is 6.79. The van der Waals surface area contributed by atoms with Gasteiger partial charge in [-0.3, -0.25) is 4.98 Å². The van der Waals surface area contributed by atoms with Crippen molar-refractivity contribution in [1.82, 2.24) is 9.88 Å². The van der Waals surface area contributed by atoms with Crippen molar-refractivity contribution in [2.24, 2.45) is 0 Å². The predicted octanol–water partition coefficient (Wildman–Crippen LogP) is 2.29. The summed E-state index contributed by atoms with van der Waals surface area (Å²) in [4.78, 5) is 6.43. The third kappa shape index (κ3) is 1.58. The summed E-state index contributed by atoms with van der Waals surface area (Å²) in [6, 6.07) is 6.28. The first-order valence-electron chi connectivity index (χ1n) is 4.79. The van der Waals surface area contributed by atoms with Crippen LogP contribution in [0.25, 0.3) is 0 Å². The van der Waals surface area contributed by atoms with E-state index in [1.54, 1.807) is 12.5 Å². The Morgan fingerprint density at radius 1 is 1.43 bits per heavy atom. The Hall–Kier alpha value is -1.51. The molecule has 1 aromatic heterocycles. The molecule has 0 N–H and O–H groups in total. The van der Waals surface area contributed by atoms with Gasteiger partial charge in [-0.25, -0.2) is 0 Å². The van der Waals surface area contributed by atoms with Crippen molar-refractivity contribution < 1.29 is 4.74 Å². The summed E-state index contributed by atoms with van der Waals surface area (Å²) in [7, 11) is 0. The first kappa shape index (κ1) is 9.06. The normalized spacial score (nSPS) is 20.2. The van der Waals surface area contributed by atoms with Gasteiger partial charge in [0.1, 0.15) is 12.0 Å². The molecule has 0 saturated carbocycles. The molecule has 3 nitrogen and oxygen atoms in total. The zero-order valence-corrected chi connectivity index (χ0v) is 8.42. The van der Waals surface area contributed by atoms with E-state index in [0.29, 0.717) is 6.04 Å². The van der Waals surface area contributed by atoms with E-state index in [2.05, 4.69) is 23.7 Å². The van der Waals surface area contributed by atoms with Crippen molar-refractivity contribution in [3.63, 3.8) is 0 Å². The lowest BCUT2D eigenvalue weighted by atomic mass is 10.2. The fourth-order valence-corrected chi connectivity index (χ4v) is 1.52. The molecule has 2 rings (SSSR count). The summed E-state index contributed by atoms with van der Waals surface area (Å²) < 4.78 is 5.50. The van der Waals surface area contributed by atoms with E-state index in [-0.39, 0.29) is 6.23 Å². The SMILES string of the molecule is CC(C)N1C=CO[C@@H]1c1ccccn1. The maximum atomic E-state index is 5.50. The Bertz CT molecular complexity index is 321. The summed E-state index contributed by atoms with van der Waals surface area (Å²) in [5.74, 6) is 0. The Labute approximate surface area is 84.0 Å². The molecule has 1 atom stereocenters. The van der Waals surface area contributed by atoms with Gasteiger partial charge in [0.15, 0.2) is 0 Å². The standard InChI is InChI=1S/C11H14N2O/c1-9(2)13-7-8-14-11(13)10-5-3-4-6-12-10/h3-9,11H,1-2H3/t11-/m1/s1. The number of ether oxygens (including phenoxy) is 1. The van der Waals surface area contributed by atoms with Gasteiger partial charge in [0.05, 0.1) is 0 Å². The number of pyridine rings is 1. The van der Waals surface area contributed by atoms with E-state index in [0.717, 1.165) is 5.69 Å². The van der Waals surface area contributed by atoms with Gasteiger partial charge in [-0.15, -0.1) is 0 Å². The molecule has 74 valence electrons. The molecule has 1 aliphatic heterocycles. The lowest BCUT2D eigenvalue weighted by molar-refractivity contribution is 0.0359. The Morgan fingerprint density at radius 3 is 2.93 bits per heavy atom. The zero-order chi connectivity index (χ0) is 9.97. The molecule has 0 fully saturated rings. The molecule has 3 heteroatoms. The van der Waals surface area contributed by atoms with Gasteiger partial charge in [0.2, 0.25) is 6.23 Å². The quantitative estimate of drug-likeness (QED) is 0.715. The summed E-state index contributed by atoms with van der Waals surface area (Å²) in [6.45, 7) is 4.27. The van der Waals surface area contributed by atoms with Gasteiger partial charge in [-0.2, -0.15) is 0 Å². The van der Waals surface area contributed by atoms with E-state index >= 15 is 0 Å². The summed E-state index contributed by atoms with van der Waals surface area (Å²) in [5.41, 5.74) is 0.950. The number of hydrogen-bond donors (Lipinski definition) is 0. The molecule has 0 spiro atoms. The minimum Gasteiger partial charge on any atom is -0.471 e. The van der Waals surface area contributed by atoms with E-state index in [9.17, 15) is 0 Å². The molecule has 0 bridgehead atoms. The van der Waals surface area contributed by atoms with Crippen LogP contribution < -0.4 is 0 Å². The Morgan fingerprint density at radius 2 is 2.29 bits per heavy atom. The van der Waals surface area contributed by atoms with E-state index in [1.165, 1.54) is 0 Å². The lowest BCUT2D eigenvalue weighted by Gasteiger charge is -2.27. The van der Waals surface area contributed by atoms with Crippen molar-refractivity contribution in [3.05, 3.63) is 42.6 Å². The van der Waals surface area contributed by atoms with Crippen molar-refractivity contribution in [2.75, 3.05) is 0 Å². The molecule has 1 aliphatic rings. The monoisotopic (exact) mass is 190 g/mol. The van der Waals surface area contributed by atoms with Gasteiger partial charge < -0.3 is 9.64 Å². The highest BCUT2D eigenvalue weighted by Crippen LogP contribution is 2.27. The number of rotatable bonds is 2. The van der Waals surface area contributed by atoms with Crippen molar-refractivity contribution >= 4 is 0 Å². The fraction of sp³-hybridized carbons (Fsp3) is 0.364. The van der Waals surface area contributed by atoms with Crippen LogP contribution in [-0.4, -0.2) is 15.9 Å². The number of aromatic nitrogens is 1. The molecule has 0 saturated heterocycles. The first-order valence-corrected chi connectivity index (χ1v) is 4.79. The molecule has 2 heterocycles. The summed E-state index contributed by atoms with van der Waals surface area (Å²) in [6.07, 6.45) is 5.41. The maximum absolute atomic E-state index is 5.50. The Kier molecular flexibility index (Phi) is 2.39. The van der Waals surface area contributed by atoms with Crippen LogP contribution in [0.3, 0.4) is 0 Å². The van der Waals surface area contributed by atoms with Crippen molar-refractivity contribution in [1.29, 1.82) is 0 Å². The number of nitrogens with zero attached hydrogens (tertiary/aromatic N) is 2. The third-order valence-electron chi connectivity index (χ3n) is 2.25. The minimum absolute atomic E-state index is 0.0591. The smallest absolute Gasteiger partial charge is 0.214 e. The van der Waals surface area contributed by atoms with Crippen LogP contribution in [0.15, 0.2) is 36.9 Å². The van der Waals surface area contributed by atoms with Crippen LogP contribution >= 0.6 is 0 Å². The summed E-state index contributed by atoms with van der Waals surface area (Å²) in [5, 5.41) is 0. The maximum Gasteiger partial charge on any atom is 0.214 e. The highest BCUT2D eigenvalue weighted by atomic mass is 16.5. The van der Waals surface area contributed by atoms with E-state index in [1.807, 2.05) is 24.4 Å². The van der Waals surface area contributed by atoms with Crippen LogP contribution in [0.5, 0.6) is 0 Å². The third-order valence-corrected chi connectivity index (χ3v) is 2.25. The molecule has 0 aliphatic carbocycles. The van der Waals surface area contributed by atoms with Crippen LogP contribution in [0.1, 0.15) is 25.8 Å². The second kappa shape index (κ2) is 3.70. The second-order valence-electron chi connectivity index (χ2n) is 3.57. The van der Waals surface area contributed by atoms with Crippen LogP contribution in [0.2, 0.25) is 0 Å². The van der Waals surface area contributed by atoms with Gasteiger partial charge in [0.25, 0.3) is 0 Å². The van der Waals surface area contributed by atoms with Crippen molar-refractivity contribution in [2.45, 2.75) is 26.1 Å². The molecular formula is C11H14N2O. The van der Waals surface area contributed by atoms with Gasteiger partial charge in [-0.05, 0) is 26.0 Å². The highest BCUT2D eigenvalue weighted by Gasteiger charge is 2.25. The second-order valence-corrected chi connectivity index (χ2v) is 3.57. The average Bonchev–Trinajstić information content (AvgIpc) is 2.67. The molecule has 0 amide bonds. The fourth-order valence-electron chi connectivity index (χ4n) is 1.52. The topological polar surface area (TPSA) is 25.4 Å². The molecule has 0 unspecified atom stereocenters. The molecule has 14 heavy (non-hydrogen) atoms. The van der Waals surface area contributed by atoms with Gasteiger partial charge in [0, 0.05) is 18.4 Å². The van der Waals surface area contributed by atoms with Crippen LogP contribution in [0.4, 0.5) is 0 Å². The number of hydrogen-bond acceptors (Lipinski definition) is 3. The molecule has 1 aromatic rings. The van der Waals surface area contributed by atoms with Crippen molar-refractivity contribution in [3.8, 4) is 0 Å². The predicted molar refractivity (Wildman–Crippen MR) is 54.2 cm³/mol. The Balaban J connectivity index is 2.20. The van der Waals surface area contributed by atoms with Gasteiger partial charge in [-0.1, -0.05) is 6.07 Å². The van der Waals surface area contributed by atoms with Gasteiger partial charge >= 0.3 is 0 Å². The largest absolute Gasteiger partial charge is 0.471 e. The van der Waals surface area contributed by atoms with E-state index < -0.39 is 0 Å². The van der Waals surface area contributed by atoms with Crippen LogP contribution in [-0.2, 0) is 4.74 Å². The molecular weight excluding hydrogens is 176 g/mol. The summed E-state index contributed by atoms with van der Waals surface area (Å²) >= 11 is 0. The molecule has 0 aromatic carbocycles.